The molecule has 0 unspecified atom stereocenters. The highest BCUT2D eigenvalue weighted by molar-refractivity contribution is 5.76. The molecule has 0 aliphatic carbocycles. The lowest BCUT2D eigenvalue weighted by atomic mass is 9.92. The van der Waals surface area contributed by atoms with Crippen molar-refractivity contribution in [3.8, 4) is 0 Å². The molecule has 0 aliphatic heterocycles. The molecule has 1 rings (SSSR count). The van der Waals surface area contributed by atoms with Crippen LogP contribution in [0.5, 0.6) is 0 Å². The molecule has 1 aromatic rings. The maximum Gasteiger partial charge on any atom is 0.184 e. The Bertz CT molecular complexity index is 454. The molecule has 120 valence electrons. The largest absolute Gasteiger partial charge is 0.481 e. The van der Waals surface area contributed by atoms with E-state index in [1.165, 1.54) is 27.8 Å². The van der Waals surface area contributed by atoms with Gasteiger partial charge in [0.2, 0.25) is 0 Å². The molecule has 4 heteroatoms. The van der Waals surface area contributed by atoms with E-state index in [2.05, 4.69) is 39.1 Å². The van der Waals surface area contributed by atoms with Crippen LogP contribution in [0.2, 0.25) is 0 Å². The summed E-state index contributed by atoms with van der Waals surface area (Å²) in [6, 6.07) is 2.19. The Morgan fingerprint density at radius 1 is 1.19 bits per heavy atom. The summed E-state index contributed by atoms with van der Waals surface area (Å²) in [7, 11) is 1.88. The SMILES string of the molecule is CCOC(=N)Cc1c(C)cc(C)c(C)c1C.CNCCN. The molecule has 4 N–H and O–H groups in total. The van der Waals surface area contributed by atoms with E-state index in [-0.39, 0.29) is 0 Å². The second-order valence-electron chi connectivity index (χ2n) is 5.16. The van der Waals surface area contributed by atoms with E-state index >= 15 is 0 Å². The van der Waals surface area contributed by atoms with Crippen LogP contribution >= 0.6 is 0 Å². The quantitative estimate of drug-likeness (QED) is 0.577. The van der Waals surface area contributed by atoms with Gasteiger partial charge in [-0.05, 0) is 69.5 Å². The summed E-state index contributed by atoms with van der Waals surface area (Å²) >= 11 is 0. The van der Waals surface area contributed by atoms with E-state index in [1.54, 1.807) is 0 Å². The first-order valence-electron chi connectivity index (χ1n) is 7.50. The van der Waals surface area contributed by atoms with Crippen molar-refractivity contribution in [1.29, 1.82) is 5.41 Å². The Morgan fingerprint density at radius 3 is 2.24 bits per heavy atom. The highest BCUT2D eigenvalue weighted by atomic mass is 16.5. The van der Waals surface area contributed by atoms with Crippen LogP contribution in [0.3, 0.4) is 0 Å². The maximum absolute atomic E-state index is 7.72. The third kappa shape index (κ3) is 6.74. The van der Waals surface area contributed by atoms with E-state index in [4.69, 9.17) is 15.9 Å². The van der Waals surface area contributed by atoms with Crippen LogP contribution in [0.1, 0.15) is 34.7 Å². The molecule has 0 aromatic heterocycles. The third-order valence-corrected chi connectivity index (χ3v) is 3.57. The molecule has 0 atom stereocenters. The molecule has 0 radical (unpaired) electrons. The Labute approximate surface area is 129 Å². The summed E-state index contributed by atoms with van der Waals surface area (Å²) in [5.74, 6) is 0.358. The summed E-state index contributed by atoms with van der Waals surface area (Å²) in [5.41, 5.74) is 11.5. The van der Waals surface area contributed by atoms with Crippen molar-refractivity contribution in [1.82, 2.24) is 5.32 Å². The molecule has 0 fully saturated rings. The average molecular weight is 293 g/mol. The molecule has 4 nitrogen and oxygen atoms in total. The first kappa shape index (κ1) is 19.6. The first-order chi connectivity index (χ1) is 9.88. The zero-order valence-corrected chi connectivity index (χ0v) is 14.4. The fourth-order valence-corrected chi connectivity index (χ4v) is 2.14. The van der Waals surface area contributed by atoms with Gasteiger partial charge in [-0.2, -0.15) is 0 Å². The maximum atomic E-state index is 7.72. The summed E-state index contributed by atoms with van der Waals surface area (Å²) in [5, 5.41) is 10.6. The fraction of sp³-hybridized carbons (Fsp3) is 0.588. The minimum Gasteiger partial charge on any atom is -0.481 e. The lowest BCUT2D eigenvalue weighted by Gasteiger charge is -2.15. The molecule has 21 heavy (non-hydrogen) atoms. The normalized spacial score (nSPS) is 9.86. The predicted molar refractivity (Wildman–Crippen MR) is 91.4 cm³/mol. The van der Waals surface area contributed by atoms with Gasteiger partial charge in [-0.3, -0.25) is 5.41 Å². The predicted octanol–water partition coefficient (Wildman–Crippen LogP) is 2.64. The van der Waals surface area contributed by atoms with Crippen LogP contribution in [0, 0.1) is 33.1 Å². The Morgan fingerprint density at radius 2 is 1.81 bits per heavy atom. The van der Waals surface area contributed by atoms with Crippen LogP contribution in [0.25, 0.3) is 0 Å². The number of benzene rings is 1. The molecule has 0 saturated carbocycles. The molecular formula is C17H31N3O. The molecule has 0 spiro atoms. The number of aryl methyl sites for hydroxylation is 2. The highest BCUT2D eigenvalue weighted by Gasteiger charge is 2.10. The second kappa shape index (κ2) is 10.4. The van der Waals surface area contributed by atoms with Gasteiger partial charge in [0.15, 0.2) is 5.90 Å². The van der Waals surface area contributed by atoms with Gasteiger partial charge in [-0.25, -0.2) is 0 Å². The smallest absolute Gasteiger partial charge is 0.184 e. The van der Waals surface area contributed by atoms with Crippen molar-refractivity contribution in [2.45, 2.75) is 41.0 Å². The third-order valence-electron chi connectivity index (χ3n) is 3.57. The number of likely N-dealkylation sites (N-methyl/N-ethyl adjacent to an activating group) is 1. The molecule has 0 heterocycles. The number of nitrogens with two attached hydrogens (primary N) is 1. The molecule has 1 aromatic carbocycles. The Kier molecular flexibility index (Phi) is 9.67. The lowest BCUT2D eigenvalue weighted by Crippen LogP contribution is -2.17. The van der Waals surface area contributed by atoms with Gasteiger partial charge in [-0.1, -0.05) is 6.07 Å². The number of nitrogens with one attached hydrogen (secondary N) is 2. The van der Waals surface area contributed by atoms with Gasteiger partial charge in [0.1, 0.15) is 0 Å². The van der Waals surface area contributed by atoms with Crippen LogP contribution in [0.4, 0.5) is 0 Å². The van der Waals surface area contributed by atoms with Gasteiger partial charge < -0.3 is 15.8 Å². The Hall–Kier alpha value is -1.39. The van der Waals surface area contributed by atoms with Crippen molar-refractivity contribution >= 4 is 5.90 Å². The zero-order valence-electron chi connectivity index (χ0n) is 14.4. The molecule has 0 bridgehead atoms. The first-order valence-corrected chi connectivity index (χ1v) is 7.50. The van der Waals surface area contributed by atoms with Crippen molar-refractivity contribution in [3.63, 3.8) is 0 Å². The monoisotopic (exact) mass is 293 g/mol. The van der Waals surface area contributed by atoms with E-state index in [1.807, 2.05) is 14.0 Å². The minimum absolute atomic E-state index is 0.358. The number of hydrogen-bond donors (Lipinski definition) is 3. The standard InChI is InChI=1S/C14H21NO.C3H10N2/c1-6-16-14(15)8-13-10(3)7-9(2)11(4)12(13)5;1-5-3-2-4/h7,15H,6,8H2,1-5H3;5H,2-4H2,1H3. The van der Waals surface area contributed by atoms with Crippen LogP contribution < -0.4 is 11.1 Å². The number of hydrogen-bond acceptors (Lipinski definition) is 4. The highest BCUT2D eigenvalue weighted by Crippen LogP contribution is 2.22. The summed E-state index contributed by atoms with van der Waals surface area (Å²) in [6.45, 7) is 12.6. The molecule has 0 saturated heterocycles. The van der Waals surface area contributed by atoms with Gasteiger partial charge >= 0.3 is 0 Å². The summed E-state index contributed by atoms with van der Waals surface area (Å²) in [6.07, 6.45) is 0.604. The van der Waals surface area contributed by atoms with Crippen molar-refractivity contribution in [2.24, 2.45) is 5.73 Å². The van der Waals surface area contributed by atoms with Crippen molar-refractivity contribution in [2.75, 3.05) is 26.7 Å². The molecule has 0 aliphatic rings. The molecule has 0 amide bonds. The van der Waals surface area contributed by atoms with Crippen LogP contribution in [-0.2, 0) is 11.2 Å². The Balaban J connectivity index is 0.000000690. The minimum atomic E-state index is 0.358. The second-order valence-corrected chi connectivity index (χ2v) is 5.16. The van der Waals surface area contributed by atoms with E-state index < -0.39 is 0 Å². The van der Waals surface area contributed by atoms with Crippen molar-refractivity contribution in [3.05, 3.63) is 33.9 Å². The van der Waals surface area contributed by atoms with Gasteiger partial charge in [0.25, 0.3) is 0 Å². The fourth-order valence-electron chi connectivity index (χ4n) is 2.14. The van der Waals surface area contributed by atoms with Crippen molar-refractivity contribution < 1.29 is 4.74 Å². The van der Waals surface area contributed by atoms with E-state index in [0.29, 0.717) is 18.9 Å². The van der Waals surface area contributed by atoms with E-state index in [0.717, 1.165) is 13.1 Å². The number of ether oxygens (including phenoxy) is 1. The van der Waals surface area contributed by atoms with E-state index in [9.17, 15) is 0 Å². The zero-order chi connectivity index (χ0) is 16.4. The average Bonchev–Trinajstić information content (AvgIpc) is 2.43. The summed E-state index contributed by atoms with van der Waals surface area (Å²) < 4.78 is 5.21. The van der Waals surface area contributed by atoms with Gasteiger partial charge in [0, 0.05) is 19.5 Å². The van der Waals surface area contributed by atoms with Crippen LogP contribution in [0.15, 0.2) is 6.07 Å². The van der Waals surface area contributed by atoms with Gasteiger partial charge in [-0.15, -0.1) is 0 Å². The topological polar surface area (TPSA) is 71.1 Å². The van der Waals surface area contributed by atoms with Crippen LogP contribution in [-0.4, -0.2) is 32.6 Å². The lowest BCUT2D eigenvalue weighted by molar-refractivity contribution is 0.317. The molecular weight excluding hydrogens is 262 g/mol. The number of rotatable bonds is 5. The summed E-state index contributed by atoms with van der Waals surface area (Å²) in [4.78, 5) is 0. The van der Waals surface area contributed by atoms with Gasteiger partial charge in [0.05, 0.1) is 6.61 Å².